The van der Waals surface area contributed by atoms with Crippen LogP contribution in [0.25, 0.3) is 0 Å². The Morgan fingerprint density at radius 1 is 1.36 bits per heavy atom. The largest absolute Gasteiger partial charge is 0.396 e. The fourth-order valence-corrected chi connectivity index (χ4v) is 4.04. The molecule has 2 aliphatic rings. The molecule has 3 N–H and O–H groups in total. The number of carbonyl (C=O) groups is 3. The second-order valence-electron chi connectivity index (χ2n) is 7.75. The predicted octanol–water partition coefficient (Wildman–Crippen LogP) is 1.02. The summed E-state index contributed by atoms with van der Waals surface area (Å²) in [4.78, 5) is 42.0. The second kappa shape index (κ2) is 9.25. The van der Waals surface area contributed by atoms with Gasteiger partial charge in [-0.15, -0.1) is 0 Å². The second-order valence-corrected chi connectivity index (χ2v) is 7.75. The molecule has 3 atom stereocenters. The summed E-state index contributed by atoms with van der Waals surface area (Å²) in [6.07, 6.45) is 5.14. The summed E-state index contributed by atoms with van der Waals surface area (Å²) in [5.41, 5.74) is 1.19. The Morgan fingerprint density at radius 2 is 2.18 bits per heavy atom. The van der Waals surface area contributed by atoms with E-state index in [0.29, 0.717) is 42.7 Å². The molecule has 2 saturated heterocycles. The number of amides is 3. The van der Waals surface area contributed by atoms with Gasteiger partial charge in [-0.3, -0.25) is 29.6 Å². The van der Waals surface area contributed by atoms with Gasteiger partial charge in [-0.05, 0) is 57.2 Å². The number of aliphatic hydroxyl groups is 1. The van der Waals surface area contributed by atoms with Crippen LogP contribution in [0.15, 0.2) is 18.3 Å². The molecule has 1 aromatic rings. The van der Waals surface area contributed by atoms with Crippen molar-refractivity contribution in [1.29, 1.82) is 0 Å². The zero-order valence-electron chi connectivity index (χ0n) is 16.2. The zero-order chi connectivity index (χ0) is 20.1. The van der Waals surface area contributed by atoms with Gasteiger partial charge in [0.25, 0.3) is 0 Å². The van der Waals surface area contributed by atoms with Crippen molar-refractivity contribution >= 4 is 23.4 Å². The number of rotatable bonds is 6. The first kappa shape index (κ1) is 20.4. The zero-order valence-corrected chi connectivity index (χ0v) is 16.2. The summed E-state index contributed by atoms with van der Waals surface area (Å²) < 4.78 is 0. The van der Waals surface area contributed by atoms with E-state index in [1.807, 2.05) is 0 Å². The first-order chi connectivity index (χ1) is 13.5. The van der Waals surface area contributed by atoms with Crippen molar-refractivity contribution in [3.8, 4) is 0 Å². The van der Waals surface area contributed by atoms with Gasteiger partial charge >= 0.3 is 0 Å². The maximum absolute atomic E-state index is 12.4. The van der Waals surface area contributed by atoms with Crippen molar-refractivity contribution in [3.63, 3.8) is 0 Å². The molecule has 8 heteroatoms. The fraction of sp³-hybridized carbons (Fsp3) is 0.600. The third-order valence-corrected chi connectivity index (χ3v) is 5.67. The summed E-state index contributed by atoms with van der Waals surface area (Å²) >= 11 is 0. The van der Waals surface area contributed by atoms with Gasteiger partial charge in [0.05, 0.1) is 30.0 Å². The monoisotopic (exact) mass is 388 g/mol. The molecule has 2 aliphatic heterocycles. The molecular weight excluding hydrogens is 360 g/mol. The van der Waals surface area contributed by atoms with Crippen molar-refractivity contribution in [3.05, 3.63) is 24.0 Å². The highest BCUT2D eigenvalue weighted by molar-refractivity contribution is 6.00. The van der Waals surface area contributed by atoms with Crippen LogP contribution in [0.3, 0.4) is 0 Å². The van der Waals surface area contributed by atoms with Gasteiger partial charge in [0, 0.05) is 19.1 Å². The van der Waals surface area contributed by atoms with Crippen molar-refractivity contribution in [2.45, 2.75) is 51.0 Å². The average molecular weight is 388 g/mol. The minimum atomic E-state index is -0.427. The van der Waals surface area contributed by atoms with Gasteiger partial charge in [-0.25, -0.2) is 0 Å². The third-order valence-electron chi connectivity index (χ3n) is 5.67. The molecule has 0 saturated carbocycles. The Balaban J connectivity index is 1.51. The van der Waals surface area contributed by atoms with Gasteiger partial charge in [-0.2, -0.15) is 0 Å². The lowest BCUT2D eigenvalue weighted by Crippen LogP contribution is -2.44. The molecule has 0 aromatic carbocycles. The van der Waals surface area contributed by atoms with Crippen LogP contribution in [-0.2, 0) is 14.4 Å². The van der Waals surface area contributed by atoms with Crippen molar-refractivity contribution < 1.29 is 19.5 Å². The fourth-order valence-electron chi connectivity index (χ4n) is 4.04. The van der Waals surface area contributed by atoms with Crippen molar-refractivity contribution in [1.82, 2.24) is 15.2 Å². The van der Waals surface area contributed by atoms with Gasteiger partial charge in [0.2, 0.25) is 17.7 Å². The van der Waals surface area contributed by atoms with Crippen molar-refractivity contribution in [2.24, 2.45) is 5.92 Å². The molecular formula is C20H28N4O4. The Bertz CT molecular complexity index is 721. The minimum Gasteiger partial charge on any atom is -0.396 e. The standard InChI is InChI=1S/C20H28N4O4/c1-13-10-14(7-9-25)6-8-24(13)12-19(27)22-15-2-4-17(21-11-15)16-3-5-18(26)23-20(16)28/h2,4,11,13-14,16,25H,3,5-10,12H2,1H3,(H,22,27)(H,23,26,28)/t13-,14-,16?/m1/s1. The van der Waals surface area contributed by atoms with Gasteiger partial charge in [0.15, 0.2) is 0 Å². The van der Waals surface area contributed by atoms with E-state index in [9.17, 15) is 14.4 Å². The maximum Gasteiger partial charge on any atom is 0.238 e. The molecule has 8 nitrogen and oxygen atoms in total. The summed E-state index contributed by atoms with van der Waals surface area (Å²) in [5, 5.41) is 14.3. The lowest BCUT2D eigenvalue weighted by Gasteiger charge is -2.37. The minimum absolute atomic E-state index is 0.0944. The molecule has 28 heavy (non-hydrogen) atoms. The van der Waals surface area contributed by atoms with E-state index in [1.165, 1.54) is 0 Å². The number of nitrogens with zero attached hydrogens (tertiary/aromatic N) is 2. The normalized spacial score (nSPS) is 26.0. The predicted molar refractivity (Wildman–Crippen MR) is 103 cm³/mol. The van der Waals surface area contributed by atoms with Gasteiger partial charge in [-0.1, -0.05) is 0 Å². The van der Waals surface area contributed by atoms with Gasteiger partial charge < -0.3 is 10.4 Å². The summed E-state index contributed by atoms with van der Waals surface area (Å²) in [6, 6.07) is 3.77. The van der Waals surface area contributed by atoms with E-state index in [1.54, 1.807) is 18.3 Å². The number of piperidine rings is 2. The summed E-state index contributed by atoms with van der Waals surface area (Å²) in [7, 11) is 0. The molecule has 3 amide bonds. The van der Waals surface area contributed by atoms with E-state index in [0.717, 1.165) is 25.8 Å². The van der Waals surface area contributed by atoms with E-state index in [2.05, 4.69) is 27.4 Å². The maximum atomic E-state index is 12.4. The molecule has 3 heterocycles. The lowest BCUT2D eigenvalue weighted by atomic mass is 9.89. The van der Waals surface area contributed by atoms with Crippen LogP contribution in [0.1, 0.15) is 50.6 Å². The van der Waals surface area contributed by atoms with Crippen LogP contribution in [0, 0.1) is 5.92 Å². The number of imide groups is 1. The number of carbonyl (C=O) groups excluding carboxylic acids is 3. The summed E-state index contributed by atoms with van der Waals surface area (Å²) in [5.74, 6) is -0.561. The van der Waals surface area contributed by atoms with E-state index in [4.69, 9.17) is 5.11 Å². The van der Waals surface area contributed by atoms with Crippen molar-refractivity contribution in [2.75, 3.05) is 25.0 Å². The van der Waals surface area contributed by atoms with E-state index >= 15 is 0 Å². The highest BCUT2D eigenvalue weighted by Crippen LogP contribution is 2.26. The molecule has 152 valence electrons. The molecule has 0 radical (unpaired) electrons. The number of pyridine rings is 1. The van der Waals surface area contributed by atoms with Crippen LogP contribution in [0.4, 0.5) is 5.69 Å². The molecule has 3 rings (SSSR count). The Hall–Kier alpha value is -2.32. The van der Waals surface area contributed by atoms with Crippen LogP contribution in [0.5, 0.6) is 0 Å². The molecule has 1 aromatic heterocycles. The molecule has 2 fully saturated rings. The number of anilines is 1. The van der Waals surface area contributed by atoms with Crippen LogP contribution in [-0.4, -0.2) is 58.5 Å². The topological polar surface area (TPSA) is 112 Å². The average Bonchev–Trinajstić information content (AvgIpc) is 2.65. The van der Waals surface area contributed by atoms with Crippen LogP contribution >= 0.6 is 0 Å². The number of aromatic nitrogens is 1. The highest BCUT2D eigenvalue weighted by atomic mass is 16.3. The van der Waals surface area contributed by atoms with Gasteiger partial charge in [0.1, 0.15) is 0 Å². The first-order valence-electron chi connectivity index (χ1n) is 9.90. The van der Waals surface area contributed by atoms with E-state index in [-0.39, 0.29) is 24.3 Å². The first-order valence-corrected chi connectivity index (χ1v) is 9.90. The number of aliphatic hydroxyl groups excluding tert-OH is 1. The van der Waals surface area contributed by atoms with Crippen LogP contribution < -0.4 is 10.6 Å². The highest BCUT2D eigenvalue weighted by Gasteiger charge is 2.29. The Labute approximate surface area is 164 Å². The molecule has 0 bridgehead atoms. The SMILES string of the molecule is C[C@@H]1C[C@@H](CCO)CCN1CC(=O)Nc1ccc(C2CCC(=O)NC2=O)nc1. The number of nitrogens with one attached hydrogen (secondary N) is 2. The number of likely N-dealkylation sites (tertiary alicyclic amines) is 1. The number of hydrogen-bond acceptors (Lipinski definition) is 6. The molecule has 0 spiro atoms. The Morgan fingerprint density at radius 3 is 2.82 bits per heavy atom. The molecule has 1 unspecified atom stereocenters. The van der Waals surface area contributed by atoms with Crippen LogP contribution in [0.2, 0.25) is 0 Å². The quantitative estimate of drug-likeness (QED) is 0.628. The Kier molecular flexibility index (Phi) is 6.74. The third kappa shape index (κ3) is 5.14. The lowest BCUT2D eigenvalue weighted by molar-refractivity contribution is -0.134. The molecule has 0 aliphatic carbocycles. The smallest absolute Gasteiger partial charge is 0.238 e. The number of hydrogen-bond donors (Lipinski definition) is 3. The van der Waals surface area contributed by atoms with E-state index < -0.39 is 5.92 Å². The summed E-state index contributed by atoms with van der Waals surface area (Å²) in [6.45, 7) is 3.51.